The summed E-state index contributed by atoms with van der Waals surface area (Å²) >= 11 is 0. The van der Waals surface area contributed by atoms with E-state index in [9.17, 15) is 4.39 Å². The molecule has 0 atom stereocenters. The van der Waals surface area contributed by atoms with Crippen LogP contribution in [0.25, 0.3) is 0 Å². The summed E-state index contributed by atoms with van der Waals surface area (Å²) in [5, 5.41) is 0. The zero-order valence-electron chi connectivity index (χ0n) is 6.24. The maximum Gasteiger partial charge on any atom is 0.0997 e. The molecule has 0 rings (SSSR count). The summed E-state index contributed by atoms with van der Waals surface area (Å²) in [5.41, 5.74) is 0.719. The van der Waals surface area contributed by atoms with Crippen LogP contribution < -0.4 is 0 Å². The van der Waals surface area contributed by atoms with E-state index in [0.29, 0.717) is 0 Å². The van der Waals surface area contributed by atoms with Gasteiger partial charge in [-0.15, -0.1) is 0 Å². The van der Waals surface area contributed by atoms with E-state index in [-0.39, 0.29) is 5.83 Å². The fourth-order valence-corrected chi connectivity index (χ4v) is 0.409. The van der Waals surface area contributed by atoms with Crippen molar-refractivity contribution in [3.63, 3.8) is 0 Å². The van der Waals surface area contributed by atoms with Gasteiger partial charge in [0.2, 0.25) is 0 Å². The van der Waals surface area contributed by atoms with Crippen LogP contribution in [0.3, 0.4) is 0 Å². The van der Waals surface area contributed by atoms with E-state index in [0.717, 1.165) is 12.0 Å². The van der Waals surface area contributed by atoms with E-state index in [1.165, 1.54) is 6.92 Å². The lowest BCUT2D eigenvalue weighted by Gasteiger charge is -1.89. The maximum absolute atomic E-state index is 12.2. The molecule has 1 heteroatoms. The van der Waals surface area contributed by atoms with Crippen molar-refractivity contribution in [3.05, 3.63) is 23.6 Å². The number of rotatable bonds is 2. The zero-order chi connectivity index (χ0) is 7.28. The molecule has 0 aromatic rings. The highest BCUT2D eigenvalue weighted by atomic mass is 19.1. The Morgan fingerprint density at radius 1 is 1.44 bits per heavy atom. The number of hydrogen-bond donors (Lipinski definition) is 0. The van der Waals surface area contributed by atoms with Crippen LogP contribution in [0.2, 0.25) is 0 Å². The molecule has 0 nitrogen and oxygen atoms in total. The molecule has 52 valence electrons. The van der Waals surface area contributed by atoms with Crippen molar-refractivity contribution in [1.29, 1.82) is 0 Å². The Hall–Kier alpha value is -0.590. The highest BCUT2D eigenvalue weighted by Gasteiger charge is 1.86. The average molecular weight is 128 g/mol. The summed E-state index contributed by atoms with van der Waals surface area (Å²) in [5.74, 6) is -0.0975. The summed E-state index contributed by atoms with van der Waals surface area (Å²) in [7, 11) is 0. The summed E-state index contributed by atoms with van der Waals surface area (Å²) < 4.78 is 12.2. The van der Waals surface area contributed by atoms with Gasteiger partial charge in [-0.1, -0.05) is 19.1 Å². The lowest BCUT2D eigenvalue weighted by Crippen LogP contribution is -1.70. The quantitative estimate of drug-likeness (QED) is 0.501. The third-order valence-electron chi connectivity index (χ3n) is 1.15. The molecule has 0 heterocycles. The molecular formula is C8H13F. The second-order valence-corrected chi connectivity index (χ2v) is 2.03. The minimum Gasteiger partial charge on any atom is -0.212 e. The minimum absolute atomic E-state index is 0.0975. The van der Waals surface area contributed by atoms with Crippen LogP contribution in [0.4, 0.5) is 4.39 Å². The van der Waals surface area contributed by atoms with Gasteiger partial charge in [0.25, 0.3) is 0 Å². The molecular weight excluding hydrogens is 115 g/mol. The van der Waals surface area contributed by atoms with Crippen LogP contribution in [0.15, 0.2) is 23.6 Å². The molecule has 0 N–H and O–H groups in total. The molecule has 0 bridgehead atoms. The molecule has 0 unspecified atom stereocenters. The Bertz CT molecular complexity index is 128. The lowest BCUT2D eigenvalue weighted by molar-refractivity contribution is 0.631. The SMILES string of the molecule is CC/C=C\C(C)=C(/C)F. The third kappa shape index (κ3) is 3.95. The third-order valence-corrected chi connectivity index (χ3v) is 1.15. The first-order valence-corrected chi connectivity index (χ1v) is 3.18. The molecule has 0 aliphatic heterocycles. The second-order valence-electron chi connectivity index (χ2n) is 2.03. The Morgan fingerprint density at radius 3 is 2.33 bits per heavy atom. The Kier molecular flexibility index (Phi) is 4.02. The molecule has 0 saturated carbocycles. The summed E-state index contributed by atoms with van der Waals surface area (Å²) in [6.45, 7) is 5.26. The molecule has 0 radical (unpaired) electrons. The van der Waals surface area contributed by atoms with Gasteiger partial charge < -0.3 is 0 Å². The van der Waals surface area contributed by atoms with E-state index >= 15 is 0 Å². The van der Waals surface area contributed by atoms with E-state index in [2.05, 4.69) is 0 Å². The van der Waals surface area contributed by atoms with Crippen molar-refractivity contribution in [2.24, 2.45) is 0 Å². The largest absolute Gasteiger partial charge is 0.212 e. The van der Waals surface area contributed by atoms with Gasteiger partial charge >= 0.3 is 0 Å². The average Bonchev–Trinajstić information content (AvgIpc) is 1.82. The molecule has 0 aromatic carbocycles. The smallest absolute Gasteiger partial charge is 0.0997 e. The Balaban J connectivity index is 3.91. The lowest BCUT2D eigenvalue weighted by atomic mass is 10.2. The van der Waals surface area contributed by atoms with Gasteiger partial charge in [-0.25, -0.2) is 4.39 Å². The fraction of sp³-hybridized carbons (Fsp3) is 0.500. The van der Waals surface area contributed by atoms with E-state index in [1.807, 2.05) is 13.0 Å². The highest BCUT2D eigenvalue weighted by Crippen LogP contribution is 2.05. The van der Waals surface area contributed by atoms with Crippen LogP contribution in [-0.2, 0) is 0 Å². The van der Waals surface area contributed by atoms with Gasteiger partial charge in [-0.2, -0.15) is 0 Å². The van der Waals surface area contributed by atoms with Gasteiger partial charge in [0, 0.05) is 0 Å². The van der Waals surface area contributed by atoms with Crippen LogP contribution in [0, 0.1) is 0 Å². The van der Waals surface area contributed by atoms with Crippen molar-refractivity contribution in [3.8, 4) is 0 Å². The predicted octanol–water partition coefficient (Wildman–Crippen LogP) is 3.22. The number of halogens is 1. The van der Waals surface area contributed by atoms with Crippen molar-refractivity contribution in [2.45, 2.75) is 27.2 Å². The Morgan fingerprint density at radius 2 is 2.00 bits per heavy atom. The topological polar surface area (TPSA) is 0 Å². The molecule has 0 aliphatic rings. The fourth-order valence-electron chi connectivity index (χ4n) is 0.409. The number of hydrogen-bond acceptors (Lipinski definition) is 0. The summed E-state index contributed by atoms with van der Waals surface area (Å²) in [6.07, 6.45) is 4.71. The first kappa shape index (κ1) is 8.41. The number of allylic oxidation sites excluding steroid dienone is 4. The zero-order valence-corrected chi connectivity index (χ0v) is 6.24. The summed E-state index contributed by atoms with van der Waals surface area (Å²) in [6, 6.07) is 0. The van der Waals surface area contributed by atoms with Crippen molar-refractivity contribution < 1.29 is 4.39 Å². The van der Waals surface area contributed by atoms with Gasteiger partial charge in [0.15, 0.2) is 0 Å². The van der Waals surface area contributed by atoms with E-state index < -0.39 is 0 Å². The standard InChI is InChI=1S/C8H13F/c1-4-5-6-7(2)8(3)9/h5-6H,4H2,1-3H3/b6-5-,8-7+. The normalized spacial score (nSPS) is 14.2. The van der Waals surface area contributed by atoms with Gasteiger partial charge in [-0.3, -0.25) is 0 Å². The first-order valence-electron chi connectivity index (χ1n) is 3.18. The van der Waals surface area contributed by atoms with E-state index in [1.54, 1.807) is 13.0 Å². The van der Waals surface area contributed by atoms with Crippen molar-refractivity contribution in [2.75, 3.05) is 0 Å². The monoisotopic (exact) mass is 128 g/mol. The van der Waals surface area contributed by atoms with Gasteiger partial charge in [0.05, 0.1) is 5.83 Å². The molecule has 0 aromatic heterocycles. The first-order chi connectivity index (χ1) is 4.18. The van der Waals surface area contributed by atoms with E-state index in [4.69, 9.17) is 0 Å². The second kappa shape index (κ2) is 4.30. The van der Waals surface area contributed by atoms with Gasteiger partial charge in [0.1, 0.15) is 0 Å². The van der Waals surface area contributed by atoms with Crippen molar-refractivity contribution in [1.82, 2.24) is 0 Å². The highest BCUT2D eigenvalue weighted by molar-refractivity contribution is 5.17. The molecule has 9 heavy (non-hydrogen) atoms. The maximum atomic E-state index is 12.2. The van der Waals surface area contributed by atoms with Crippen molar-refractivity contribution >= 4 is 0 Å². The van der Waals surface area contributed by atoms with Gasteiger partial charge in [-0.05, 0) is 25.8 Å². The van der Waals surface area contributed by atoms with Crippen LogP contribution in [-0.4, -0.2) is 0 Å². The molecule has 0 saturated heterocycles. The molecule has 0 fully saturated rings. The van der Waals surface area contributed by atoms with Crippen LogP contribution in [0.1, 0.15) is 27.2 Å². The molecule has 0 spiro atoms. The molecule has 0 amide bonds. The predicted molar refractivity (Wildman–Crippen MR) is 38.9 cm³/mol. The molecule has 0 aliphatic carbocycles. The summed E-state index contributed by atoms with van der Waals surface area (Å²) in [4.78, 5) is 0. The van der Waals surface area contributed by atoms with Crippen LogP contribution >= 0.6 is 0 Å². The van der Waals surface area contributed by atoms with Crippen LogP contribution in [0.5, 0.6) is 0 Å². The minimum atomic E-state index is -0.0975. The Labute approximate surface area is 56.1 Å².